The Morgan fingerprint density at radius 3 is 2.50 bits per heavy atom. The molecule has 2 aromatic rings. The fourth-order valence-electron chi connectivity index (χ4n) is 1.50. The number of benzene rings is 1. The summed E-state index contributed by atoms with van der Waals surface area (Å²) < 4.78 is 1.57. The van der Waals surface area contributed by atoms with Crippen LogP contribution in [0.25, 0.3) is 5.69 Å². The van der Waals surface area contributed by atoms with E-state index < -0.39 is 5.97 Å². The first-order chi connectivity index (χ1) is 7.59. The van der Waals surface area contributed by atoms with Crippen LogP contribution in [0, 0.1) is 6.92 Å². The molecular weight excluding hydrogens is 206 g/mol. The van der Waals surface area contributed by atoms with Gasteiger partial charge in [-0.3, -0.25) is 0 Å². The van der Waals surface area contributed by atoms with Crippen LogP contribution in [0.1, 0.15) is 16.1 Å². The van der Waals surface area contributed by atoms with Crippen LogP contribution in [0.4, 0.5) is 5.69 Å². The zero-order valence-corrected chi connectivity index (χ0v) is 8.71. The highest BCUT2D eigenvalue weighted by atomic mass is 16.4. The van der Waals surface area contributed by atoms with Gasteiger partial charge in [-0.2, -0.15) is 5.10 Å². The van der Waals surface area contributed by atoms with Crippen molar-refractivity contribution in [3.63, 3.8) is 0 Å². The molecule has 3 N–H and O–H groups in total. The summed E-state index contributed by atoms with van der Waals surface area (Å²) in [6.45, 7) is 1.72. The van der Waals surface area contributed by atoms with Gasteiger partial charge in [-0.1, -0.05) is 0 Å². The van der Waals surface area contributed by atoms with Crippen molar-refractivity contribution in [1.29, 1.82) is 0 Å². The normalized spacial score (nSPS) is 10.3. The Labute approximate surface area is 92.1 Å². The summed E-state index contributed by atoms with van der Waals surface area (Å²) in [6.07, 6.45) is 1.34. The van der Waals surface area contributed by atoms with E-state index >= 15 is 0 Å². The average molecular weight is 217 g/mol. The second-order valence-corrected chi connectivity index (χ2v) is 3.45. The van der Waals surface area contributed by atoms with Crippen LogP contribution in [-0.4, -0.2) is 20.9 Å². The molecular formula is C11H11N3O2. The van der Waals surface area contributed by atoms with Crippen LogP contribution in [0.5, 0.6) is 0 Å². The van der Waals surface area contributed by atoms with Gasteiger partial charge in [0, 0.05) is 5.69 Å². The third-order valence-corrected chi connectivity index (χ3v) is 2.38. The van der Waals surface area contributed by atoms with Crippen LogP contribution in [0.2, 0.25) is 0 Å². The van der Waals surface area contributed by atoms with E-state index in [-0.39, 0.29) is 5.56 Å². The summed E-state index contributed by atoms with van der Waals surface area (Å²) in [5, 5.41) is 12.9. The summed E-state index contributed by atoms with van der Waals surface area (Å²) in [5.41, 5.74) is 7.82. The van der Waals surface area contributed by atoms with Gasteiger partial charge < -0.3 is 10.8 Å². The van der Waals surface area contributed by atoms with E-state index in [2.05, 4.69) is 5.10 Å². The molecule has 2 rings (SSSR count). The van der Waals surface area contributed by atoms with Crippen LogP contribution >= 0.6 is 0 Å². The molecule has 0 saturated carbocycles. The van der Waals surface area contributed by atoms with Crippen molar-refractivity contribution >= 4 is 11.7 Å². The number of aromatic nitrogens is 2. The Bertz CT molecular complexity index is 529. The number of nitrogens with zero attached hydrogens (tertiary/aromatic N) is 2. The van der Waals surface area contributed by atoms with Crippen molar-refractivity contribution in [1.82, 2.24) is 9.78 Å². The van der Waals surface area contributed by atoms with Crippen molar-refractivity contribution in [2.24, 2.45) is 0 Å². The first-order valence-electron chi connectivity index (χ1n) is 4.73. The number of nitrogens with two attached hydrogens (primary N) is 1. The number of anilines is 1. The molecule has 0 amide bonds. The number of hydrogen-bond donors (Lipinski definition) is 2. The quantitative estimate of drug-likeness (QED) is 0.746. The Morgan fingerprint density at radius 2 is 2.00 bits per heavy atom. The van der Waals surface area contributed by atoms with Gasteiger partial charge in [0.15, 0.2) is 0 Å². The average Bonchev–Trinajstić information content (AvgIpc) is 2.61. The van der Waals surface area contributed by atoms with E-state index in [0.29, 0.717) is 11.4 Å². The number of nitrogen functional groups attached to an aromatic ring is 1. The Hall–Kier alpha value is -2.30. The molecule has 5 heteroatoms. The molecule has 0 spiro atoms. The van der Waals surface area contributed by atoms with E-state index in [4.69, 9.17) is 10.8 Å². The molecule has 5 nitrogen and oxygen atoms in total. The topological polar surface area (TPSA) is 81.1 Å². The molecule has 0 atom stereocenters. The maximum absolute atomic E-state index is 10.8. The minimum atomic E-state index is -0.973. The van der Waals surface area contributed by atoms with E-state index in [1.807, 2.05) is 0 Å². The summed E-state index contributed by atoms with van der Waals surface area (Å²) in [6, 6.07) is 7.08. The van der Waals surface area contributed by atoms with Crippen molar-refractivity contribution in [3.8, 4) is 5.69 Å². The van der Waals surface area contributed by atoms with Crippen molar-refractivity contribution in [3.05, 3.63) is 41.7 Å². The number of hydrogen-bond acceptors (Lipinski definition) is 3. The number of carboxylic acids is 1. The third kappa shape index (κ3) is 1.63. The number of carboxylic acid groups (broad SMARTS) is 1. The standard InChI is InChI=1S/C11H11N3O2/c1-7-10(11(15)16)6-13-14(7)9-4-2-8(12)3-5-9/h2-6H,12H2,1H3,(H,15,16). The molecule has 82 valence electrons. The number of rotatable bonds is 2. The van der Waals surface area contributed by atoms with Crippen LogP contribution in [0.3, 0.4) is 0 Å². The Balaban J connectivity index is 2.49. The Kier molecular flexibility index (Phi) is 2.36. The predicted octanol–water partition coefficient (Wildman–Crippen LogP) is 1.46. The predicted molar refractivity (Wildman–Crippen MR) is 59.7 cm³/mol. The number of carbonyl (C=O) groups is 1. The van der Waals surface area contributed by atoms with Crippen molar-refractivity contribution in [2.45, 2.75) is 6.92 Å². The first kappa shape index (κ1) is 10.2. The molecule has 0 bridgehead atoms. The maximum Gasteiger partial charge on any atom is 0.339 e. The third-order valence-electron chi connectivity index (χ3n) is 2.38. The highest BCUT2D eigenvalue weighted by Crippen LogP contribution is 2.15. The summed E-state index contributed by atoms with van der Waals surface area (Å²) in [5.74, 6) is -0.973. The second kappa shape index (κ2) is 3.69. The van der Waals surface area contributed by atoms with Gasteiger partial charge in [-0.05, 0) is 31.2 Å². The monoisotopic (exact) mass is 217 g/mol. The minimum absolute atomic E-state index is 0.205. The zero-order valence-electron chi connectivity index (χ0n) is 8.71. The van der Waals surface area contributed by atoms with Gasteiger partial charge in [-0.25, -0.2) is 9.48 Å². The molecule has 1 aromatic carbocycles. The zero-order chi connectivity index (χ0) is 11.7. The number of aromatic carboxylic acids is 1. The molecule has 1 heterocycles. The fourth-order valence-corrected chi connectivity index (χ4v) is 1.50. The van der Waals surface area contributed by atoms with E-state index in [1.165, 1.54) is 6.20 Å². The van der Waals surface area contributed by atoms with Crippen LogP contribution in [-0.2, 0) is 0 Å². The Morgan fingerprint density at radius 1 is 1.38 bits per heavy atom. The van der Waals surface area contributed by atoms with E-state index in [1.54, 1.807) is 35.9 Å². The van der Waals surface area contributed by atoms with Crippen molar-refractivity contribution < 1.29 is 9.90 Å². The van der Waals surface area contributed by atoms with E-state index in [0.717, 1.165) is 5.69 Å². The fraction of sp³-hybridized carbons (Fsp3) is 0.0909. The maximum atomic E-state index is 10.8. The smallest absolute Gasteiger partial charge is 0.339 e. The summed E-state index contributed by atoms with van der Waals surface area (Å²) in [4.78, 5) is 10.8. The first-order valence-corrected chi connectivity index (χ1v) is 4.73. The molecule has 0 unspecified atom stereocenters. The van der Waals surface area contributed by atoms with E-state index in [9.17, 15) is 4.79 Å². The largest absolute Gasteiger partial charge is 0.478 e. The molecule has 0 aliphatic carbocycles. The van der Waals surface area contributed by atoms with Gasteiger partial charge in [0.05, 0.1) is 17.6 Å². The van der Waals surface area contributed by atoms with Crippen LogP contribution < -0.4 is 5.73 Å². The molecule has 0 aliphatic heterocycles. The van der Waals surface area contributed by atoms with Gasteiger partial charge in [0.25, 0.3) is 0 Å². The lowest BCUT2D eigenvalue weighted by molar-refractivity contribution is 0.0696. The van der Waals surface area contributed by atoms with Gasteiger partial charge in [0.1, 0.15) is 5.56 Å². The van der Waals surface area contributed by atoms with Crippen molar-refractivity contribution in [2.75, 3.05) is 5.73 Å². The van der Waals surface area contributed by atoms with Crippen LogP contribution in [0.15, 0.2) is 30.5 Å². The molecule has 1 aromatic heterocycles. The summed E-state index contributed by atoms with van der Waals surface area (Å²) >= 11 is 0. The highest BCUT2D eigenvalue weighted by molar-refractivity contribution is 5.88. The lowest BCUT2D eigenvalue weighted by Crippen LogP contribution is -2.02. The molecule has 0 fully saturated rings. The molecule has 0 radical (unpaired) electrons. The lowest BCUT2D eigenvalue weighted by Gasteiger charge is -2.04. The highest BCUT2D eigenvalue weighted by Gasteiger charge is 2.13. The lowest BCUT2D eigenvalue weighted by atomic mass is 10.2. The molecule has 16 heavy (non-hydrogen) atoms. The second-order valence-electron chi connectivity index (χ2n) is 3.45. The van der Waals surface area contributed by atoms with Gasteiger partial charge >= 0.3 is 5.97 Å². The summed E-state index contributed by atoms with van der Waals surface area (Å²) in [7, 11) is 0. The minimum Gasteiger partial charge on any atom is -0.478 e. The SMILES string of the molecule is Cc1c(C(=O)O)cnn1-c1ccc(N)cc1. The van der Waals surface area contributed by atoms with Gasteiger partial charge in [0.2, 0.25) is 0 Å². The molecule has 0 saturated heterocycles. The molecule has 0 aliphatic rings. The van der Waals surface area contributed by atoms with Gasteiger partial charge in [-0.15, -0.1) is 0 Å².